The van der Waals surface area contributed by atoms with Crippen LogP contribution in [0.5, 0.6) is 5.75 Å². The van der Waals surface area contributed by atoms with Crippen molar-refractivity contribution in [3.05, 3.63) is 29.8 Å². The van der Waals surface area contributed by atoms with E-state index >= 15 is 0 Å². The highest BCUT2D eigenvalue weighted by atomic mass is 16.5. The average Bonchev–Trinajstić information content (AvgIpc) is 2.30. The Hall–Kier alpha value is -2.04. The van der Waals surface area contributed by atoms with E-state index in [1.54, 1.807) is 24.3 Å². The number of hydrogen-bond donors (Lipinski definition) is 2. The summed E-state index contributed by atoms with van der Waals surface area (Å²) in [5.41, 5.74) is 6.01. The molecule has 0 heterocycles. The van der Waals surface area contributed by atoms with Gasteiger partial charge in [-0.3, -0.25) is 15.1 Å². The van der Waals surface area contributed by atoms with Crippen molar-refractivity contribution in [2.75, 3.05) is 13.2 Å². The molecule has 0 saturated carbocycles. The number of nitrogens with zero attached hydrogens (tertiary/aromatic N) is 1. The third-order valence-electron chi connectivity index (χ3n) is 2.00. The number of nitrogens with one attached hydrogen (secondary N) is 1. The maximum Gasteiger partial charge on any atom is 0.257 e. The molecule has 1 rings (SSSR count). The highest BCUT2D eigenvalue weighted by molar-refractivity contribution is 6.05. The number of rotatable bonds is 4. The van der Waals surface area contributed by atoms with Crippen molar-refractivity contribution in [1.29, 1.82) is 0 Å². The second-order valence-corrected chi connectivity index (χ2v) is 3.27. The minimum atomic E-state index is -0.275. The van der Waals surface area contributed by atoms with Crippen LogP contribution in [0.3, 0.4) is 0 Å². The quantitative estimate of drug-likeness (QED) is 0.607. The van der Waals surface area contributed by atoms with Gasteiger partial charge >= 0.3 is 0 Å². The number of guanidine groups is 1. The van der Waals surface area contributed by atoms with E-state index in [0.717, 1.165) is 5.75 Å². The maximum atomic E-state index is 11.7. The predicted octanol–water partition coefficient (Wildman–Crippen LogP) is 1.15. The van der Waals surface area contributed by atoms with Gasteiger partial charge in [0, 0.05) is 12.1 Å². The van der Waals surface area contributed by atoms with Gasteiger partial charge in [-0.05, 0) is 38.1 Å². The molecule has 0 unspecified atom stereocenters. The topological polar surface area (TPSA) is 76.7 Å². The number of carbonyl (C=O) groups excluding carboxylic acids is 1. The summed E-state index contributed by atoms with van der Waals surface area (Å²) in [6.45, 7) is 4.88. The lowest BCUT2D eigenvalue weighted by molar-refractivity contribution is 0.0976. The number of ether oxygens (including phenoxy) is 1. The molecule has 0 aliphatic heterocycles. The second-order valence-electron chi connectivity index (χ2n) is 3.27. The largest absolute Gasteiger partial charge is 0.494 e. The summed E-state index contributed by atoms with van der Waals surface area (Å²) in [6.07, 6.45) is 0. The zero-order valence-electron chi connectivity index (χ0n) is 10.1. The van der Waals surface area contributed by atoms with Gasteiger partial charge in [0.1, 0.15) is 5.75 Å². The normalized spacial score (nSPS) is 11.1. The van der Waals surface area contributed by atoms with Crippen LogP contribution < -0.4 is 15.8 Å². The zero-order chi connectivity index (χ0) is 12.7. The molecule has 0 bridgehead atoms. The fourth-order valence-corrected chi connectivity index (χ4v) is 1.27. The molecule has 17 heavy (non-hydrogen) atoms. The highest BCUT2D eigenvalue weighted by Crippen LogP contribution is 2.11. The van der Waals surface area contributed by atoms with Crippen molar-refractivity contribution < 1.29 is 9.53 Å². The minimum absolute atomic E-state index is 0.131. The monoisotopic (exact) mass is 235 g/mol. The summed E-state index contributed by atoms with van der Waals surface area (Å²) in [7, 11) is 0. The Balaban J connectivity index is 2.66. The van der Waals surface area contributed by atoms with Gasteiger partial charge in [0.25, 0.3) is 5.91 Å². The Kier molecular flexibility index (Phi) is 5.00. The van der Waals surface area contributed by atoms with Gasteiger partial charge in [-0.2, -0.15) is 0 Å². The van der Waals surface area contributed by atoms with E-state index < -0.39 is 0 Å². The Bertz CT molecular complexity index is 399. The number of amides is 1. The van der Waals surface area contributed by atoms with Crippen molar-refractivity contribution in [1.82, 2.24) is 5.32 Å². The van der Waals surface area contributed by atoms with E-state index in [1.807, 2.05) is 13.8 Å². The molecule has 0 aliphatic carbocycles. The van der Waals surface area contributed by atoms with Crippen molar-refractivity contribution in [2.24, 2.45) is 10.7 Å². The molecule has 1 amide bonds. The van der Waals surface area contributed by atoms with Gasteiger partial charge in [0.05, 0.1) is 6.61 Å². The minimum Gasteiger partial charge on any atom is -0.494 e. The van der Waals surface area contributed by atoms with Crippen molar-refractivity contribution >= 4 is 11.9 Å². The molecule has 1 aromatic carbocycles. The number of benzene rings is 1. The molecule has 0 aromatic heterocycles. The smallest absolute Gasteiger partial charge is 0.257 e. The van der Waals surface area contributed by atoms with Gasteiger partial charge in [-0.25, -0.2) is 0 Å². The van der Waals surface area contributed by atoms with E-state index in [0.29, 0.717) is 18.7 Å². The van der Waals surface area contributed by atoms with E-state index in [2.05, 4.69) is 10.3 Å². The summed E-state index contributed by atoms with van der Waals surface area (Å²) in [6, 6.07) is 6.84. The van der Waals surface area contributed by atoms with Crippen LogP contribution >= 0.6 is 0 Å². The number of carbonyl (C=O) groups is 1. The first kappa shape index (κ1) is 13.0. The first-order chi connectivity index (χ1) is 8.17. The van der Waals surface area contributed by atoms with E-state index in [-0.39, 0.29) is 11.9 Å². The van der Waals surface area contributed by atoms with Gasteiger partial charge in [0.15, 0.2) is 5.96 Å². The van der Waals surface area contributed by atoms with E-state index in [9.17, 15) is 4.79 Å². The standard InChI is InChI=1S/C12H17N3O2/c1-3-14-12(13)15-11(16)9-5-7-10(8-6-9)17-4-2/h5-8H,3-4H2,1-2H3,(H3,13,14,15,16). The molecule has 0 aliphatic rings. The third kappa shape index (κ3) is 4.14. The zero-order valence-corrected chi connectivity index (χ0v) is 10.1. The Morgan fingerprint density at radius 3 is 2.53 bits per heavy atom. The molecule has 92 valence electrons. The van der Waals surface area contributed by atoms with Crippen molar-refractivity contribution in [3.63, 3.8) is 0 Å². The molecule has 5 nitrogen and oxygen atoms in total. The van der Waals surface area contributed by atoms with Crippen LogP contribution in [0, 0.1) is 0 Å². The van der Waals surface area contributed by atoms with Crippen LogP contribution in [0.15, 0.2) is 29.3 Å². The van der Waals surface area contributed by atoms with Crippen LogP contribution in [-0.2, 0) is 0 Å². The molecule has 0 spiro atoms. The third-order valence-corrected chi connectivity index (χ3v) is 2.00. The van der Waals surface area contributed by atoms with Crippen LogP contribution in [0.25, 0.3) is 0 Å². The predicted molar refractivity (Wildman–Crippen MR) is 67.2 cm³/mol. The second kappa shape index (κ2) is 6.52. The molecular formula is C12H17N3O2. The molecule has 0 fully saturated rings. The van der Waals surface area contributed by atoms with Crippen LogP contribution in [-0.4, -0.2) is 25.0 Å². The summed E-state index contributed by atoms with van der Waals surface area (Å²) >= 11 is 0. The van der Waals surface area contributed by atoms with Crippen LogP contribution in [0.1, 0.15) is 24.2 Å². The van der Waals surface area contributed by atoms with Crippen molar-refractivity contribution in [2.45, 2.75) is 13.8 Å². The van der Waals surface area contributed by atoms with Crippen LogP contribution in [0.2, 0.25) is 0 Å². The van der Waals surface area contributed by atoms with E-state index in [1.165, 1.54) is 0 Å². The van der Waals surface area contributed by atoms with Gasteiger partial charge in [-0.1, -0.05) is 0 Å². The Morgan fingerprint density at radius 2 is 2.00 bits per heavy atom. The van der Waals surface area contributed by atoms with E-state index in [4.69, 9.17) is 10.5 Å². The van der Waals surface area contributed by atoms with Gasteiger partial charge in [-0.15, -0.1) is 0 Å². The summed E-state index contributed by atoms with van der Waals surface area (Å²) in [5, 5.41) is 2.50. The van der Waals surface area contributed by atoms with Gasteiger partial charge < -0.3 is 10.5 Å². The molecule has 3 N–H and O–H groups in total. The summed E-state index contributed by atoms with van der Waals surface area (Å²) in [5.74, 6) is 0.591. The molecular weight excluding hydrogens is 218 g/mol. The molecule has 0 saturated heterocycles. The van der Waals surface area contributed by atoms with Crippen molar-refractivity contribution in [3.8, 4) is 5.75 Å². The lowest BCUT2D eigenvalue weighted by Gasteiger charge is -2.06. The summed E-state index contributed by atoms with van der Waals surface area (Å²) in [4.78, 5) is 15.6. The highest BCUT2D eigenvalue weighted by Gasteiger charge is 2.06. The fraction of sp³-hybridized carbons (Fsp3) is 0.333. The number of aliphatic imine (C=N–C) groups is 1. The Morgan fingerprint density at radius 1 is 1.35 bits per heavy atom. The molecule has 0 radical (unpaired) electrons. The number of nitrogens with two attached hydrogens (primary N) is 1. The fourth-order valence-electron chi connectivity index (χ4n) is 1.27. The first-order valence-electron chi connectivity index (χ1n) is 5.51. The average molecular weight is 235 g/mol. The maximum absolute atomic E-state index is 11.7. The van der Waals surface area contributed by atoms with Gasteiger partial charge in [0.2, 0.25) is 0 Å². The van der Waals surface area contributed by atoms with Crippen LogP contribution in [0.4, 0.5) is 0 Å². The number of hydrogen-bond acceptors (Lipinski definition) is 3. The Labute approximate surface area is 101 Å². The SMILES string of the molecule is CCN=C(N)NC(=O)c1ccc(OCC)cc1. The lowest BCUT2D eigenvalue weighted by atomic mass is 10.2. The summed E-state index contributed by atoms with van der Waals surface area (Å²) < 4.78 is 5.28. The molecule has 0 atom stereocenters. The molecule has 1 aromatic rings. The molecule has 5 heteroatoms. The lowest BCUT2D eigenvalue weighted by Crippen LogP contribution is -2.36. The first-order valence-corrected chi connectivity index (χ1v) is 5.51.